The Bertz CT molecular complexity index is 785. The van der Waals surface area contributed by atoms with Crippen molar-refractivity contribution in [3.05, 3.63) is 75.5 Å². The summed E-state index contributed by atoms with van der Waals surface area (Å²) in [4.78, 5) is 4.25. The van der Waals surface area contributed by atoms with Gasteiger partial charge in [-0.2, -0.15) is 0 Å². The van der Waals surface area contributed by atoms with Gasteiger partial charge in [-0.25, -0.2) is 0 Å². The summed E-state index contributed by atoms with van der Waals surface area (Å²) >= 11 is 3.56. The van der Waals surface area contributed by atoms with Crippen LogP contribution in [-0.2, 0) is 0 Å². The summed E-state index contributed by atoms with van der Waals surface area (Å²) in [5.41, 5.74) is 3.98. The fourth-order valence-electron chi connectivity index (χ4n) is 2.67. The third-order valence-corrected chi connectivity index (χ3v) is 5.02. The number of nitrogens with zero attached hydrogens (tertiary/aromatic N) is 1. The Hall–Kier alpha value is -1.71. The molecule has 3 rings (SSSR count). The lowest BCUT2D eigenvalue weighted by Gasteiger charge is -2.16. The van der Waals surface area contributed by atoms with E-state index < -0.39 is 6.10 Å². The van der Waals surface area contributed by atoms with Crippen LogP contribution in [0.25, 0.3) is 10.8 Å². The van der Waals surface area contributed by atoms with Crippen LogP contribution >= 0.6 is 15.9 Å². The molecule has 21 heavy (non-hydrogen) atoms. The first-order valence-electron chi connectivity index (χ1n) is 6.85. The molecule has 0 aliphatic rings. The van der Waals surface area contributed by atoms with E-state index in [9.17, 15) is 5.11 Å². The lowest BCUT2D eigenvalue weighted by Crippen LogP contribution is -2.03. The minimum absolute atomic E-state index is 0.672. The first kappa shape index (κ1) is 14.2. The Labute approximate surface area is 132 Å². The highest BCUT2D eigenvalue weighted by molar-refractivity contribution is 9.10. The number of aryl methyl sites for hydroxylation is 2. The highest BCUT2D eigenvalue weighted by atomic mass is 79.9. The Morgan fingerprint density at radius 1 is 1.05 bits per heavy atom. The third-order valence-electron chi connectivity index (χ3n) is 3.77. The number of hydrogen-bond donors (Lipinski definition) is 1. The second-order valence-electron chi connectivity index (χ2n) is 5.32. The molecule has 0 aliphatic heterocycles. The van der Waals surface area contributed by atoms with E-state index in [4.69, 9.17) is 0 Å². The summed E-state index contributed by atoms with van der Waals surface area (Å²) in [5.74, 6) is 0. The number of pyridine rings is 1. The zero-order valence-electron chi connectivity index (χ0n) is 12.0. The van der Waals surface area contributed by atoms with Gasteiger partial charge in [-0.3, -0.25) is 4.98 Å². The van der Waals surface area contributed by atoms with Crippen LogP contribution in [0.1, 0.15) is 28.4 Å². The van der Waals surface area contributed by atoms with Crippen molar-refractivity contribution in [3.63, 3.8) is 0 Å². The van der Waals surface area contributed by atoms with Crippen LogP contribution in [0.15, 0.2) is 53.3 Å². The normalized spacial score (nSPS) is 12.6. The maximum absolute atomic E-state index is 10.8. The van der Waals surface area contributed by atoms with Crippen LogP contribution in [-0.4, -0.2) is 10.1 Å². The zero-order chi connectivity index (χ0) is 15.0. The molecule has 3 heteroatoms. The first-order chi connectivity index (χ1) is 10.1. The lowest BCUT2D eigenvalue weighted by molar-refractivity contribution is 0.221. The van der Waals surface area contributed by atoms with Crippen LogP contribution in [0, 0.1) is 13.8 Å². The van der Waals surface area contributed by atoms with E-state index in [-0.39, 0.29) is 0 Å². The molecule has 1 aromatic heterocycles. The number of aliphatic hydroxyl groups excluding tert-OH is 1. The average molecular weight is 342 g/mol. The number of halogens is 1. The molecule has 0 fully saturated rings. The molecular formula is C18H16BrNO. The second-order valence-corrected chi connectivity index (χ2v) is 6.11. The van der Waals surface area contributed by atoms with E-state index in [1.54, 1.807) is 6.20 Å². The molecule has 1 unspecified atom stereocenters. The largest absolute Gasteiger partial charge is 0.384 e. The number of benzene rings is 2. The molecule has 0 bridgehead atoms. The van der Waals surface area contributed by atoms with Crippen LogP contribution in [0.5, 0.6) is 0 Å². The van der Waals surface area contributed by atoms with Crippen molar-refractivity contribution in [1.29, 1.82) is 0 Å². The standard InChI is InChI=1S/C18H16BrNO/c1-11-7-14(8-12(2)17(11)19)18(21)16-10-20-9-13-5-3-4-6-15(13)16/h3-10,18,21H,1-2H3. The molecule has 106 valence electrons. The van der Waals surface area contributed by atoms with E-state index in [0.717, 1.165) is 37.5 Å². The Morgan fingerprint density at radius 2 is 1.71 bits per heavy atom. The van der Waals surface area contributed by atoms with Crippen LogP contribution in [0.4, 0.5) is 0 Å². The average Bonchev–Trinajstić information content (AvgIpc) is 2.51. The van der Waals surface area contributed by atoms with Crippen molar-refractivity contribution in [2.24, 2.45) is 0 Å². The predicted molar refractivity (Wildman–Crippen MR) is 89.4 cm³/mol. The second kappa shape index (κ2) is 5.58. The smallest absolute Gasteiger partial charge is 0.106 e. The molecular weight excluding hydrogens is 326 g/mol. The van der Waals surface area contributed by atoms with Crippen molar-refractivity contribution in [1.82, 2.24) is 4.98 Å². The van der Waals surface area contributed by atoms with E-state index in [2.05, 4.69) is 20.9 Å². The Morgan fingerprint density at radius 3 is 2.43 bits per heavy atom. The Balaban J connectivity index is 2.15. The van der Waals surface area contributed by atoms with E-state index >= 15 is 0 Å². The highest BCUT2D eigenvalue weighted by Crippen LogP contribution is 2.31. The minimum atomic E-state index is -0.672. The van der Waals surface area contributed by atoms with Gasteiger partial charge in [0.1, 0.15) is 6.10 Å². The summed E-state index contributed by atoms with van der Waals surface area (Å²) < 4.78 is 1.09. The third kappa shape index (κ3) is 2.59. The number of rotatable bonds is 2. The molecule has 0 saturated carbocycles. The maximum atomic E-state index is 10.8. The highest BCUT2D eigenvalue weighted by Gasteiger charge is 2.15. The topological polar surface area (TPSA) is 33.1 Å². The maximum Gasteiger partial charge on any atom is 0.106 e. The van der Waals surface area contributed by atoms with Gasteiger partial charge in [0.05, 0.1) is 0 Å². The van der Waals surface area contributed by atoms with Crippen molar-refractivity contribution in [3.8, 4) is 0 Å². The molecule has 1 N–H and O–H groups in total. The summed E-state index contributed by atoms with van der Waals surface area (Å²) in [5, 5.41) is 12.9. The molecule has 3 aromatic rings. The van der Waals surface area contributed by atoms with Gasteiger partial charge in [-0.1, -0.05) is 52.3 Å². The molecule has 1 atom stereocenters. The van der Waals surface area contributed by atoms with Gasteiger partial charge < -0.3 is 5.11 Å². The van der Waals surface area contributed by atoms with Gasteiger partial charge in [0.25, 0.3) is 0 Å². The number of aromatic nitrogens is 1. The van der Waals surface area contributed by atoms with Crippen LogP contribution in [0.2, 0.25) is 0 Å². The predicted octanol–water partition coefficient (Wildman–Crippen LogP) is 4.70. The van der Waals surface area contributed by atoms with E-state index in [1.807, 2.05) is 56.4 Å². The van der Waals surface area contributed by atoms with Gasteiger partial charge in [-0.15, -0.1) is 0 Å². The number of aliphatic hydroxyl groups is 1. The van der Waals surface area contributed by atoms with Gasteiger partial charge in [0, 0.05) is 27.8 Å². The lowest BCUT2D eigenvalue weighted by atomic mass is 9.96. The zero-order valence-corrected chi connectivity index (χ0v) is 13.6. The minimum Gasteiger partial charge on any atom is -0.384 e. The molecule has 0 saturated heterocycles. The first-order valence-corrected chi connectivity index (χ1v) is 7.64. The molecule has 2 aromatic carbocycles. The summed E-state index contributed by atoms with van der Waals surface area (Å²) in [6.07, 6.45) is 2.90. The fraction of sp³-hybridized carbons (Fsp3) is 0.167. The fourth-order valence-corrected chi connectivity index (χ4v) is 2.90. The Kier molecular flexibility index (Phi) is 3.79. The quantitative estimate of drug-likeness (QED) is 0.733. The van der Waals surface area contributed by atoms with E-state index in [0.29, 0.717) is 0 Å². The molecule has 0 aliphatic carbocycles. The van der Waals surface area contributed by atoms with Gasteiger partial charge in [0.2, 0.25) is 0 Å². The summed E-state index contributed by atoms with van der Waals surface area (Å²) in [6, 6.07) is 12.0. The molecule has 0 spiro atoms. The van der Waals surface area contributed by atoms with Crippen molar-refractivity contribution >= 4 is 26.7 Å². The number of hydrogen-bond acceptors (Lipinski definition) is 2. The summed E-state index contributed by atoms with van der Waals surface area (Å²) in [6.45, 7) is 4.07. The van der Waals surface area contributed by atoms with Crippen LogP contribution < -0.4 is 0 Å². The van der Waals surface area contributed by atoms with Gasteiger partial charge in [0.15, 0.2) is 0 Å². The van der Waals surface area contributed by atoms with Gasteiger partial charge >= 0.3 is 0 Å². The summed E-state index contributed by atoms with van der Waals surface area (Å²) in [7, 11) is 0. The SMILES string of the molecule is Cc1cc(C(O)c2cncc3ccccc23)cc(C)c1Br. The number of fused-ring (bicyclic) bond motifs is 1. The van der Waals surface area contributed by atoms with Crippen molar-refractivity contribution in [2.45, 2.75) is 20.0 Å². The van der Waals surface area contributed by atoms with Gasteiger partial charge in [-0.05, 0) is 35.9 Å². The van der Waals surface area contributed by atoms with E-state index in [1.165, 1.54) is 0 Å². The van der Waals surface area contributed by atoms with Crippen molar-refractivity contribution < 1.29 is 5.11 Å². The monoisotopic (exact) mass is 341 g/mol. The molecule has 0 amide bonds. The molecule has 2 nitrogen and oxygen atoms in total. The van der Waals surface area contributed by atoms with Crippen molar-refractivity contribution in [2.75, 3.05) is 0 Å². The molecule has 0 radical (unpaired) electrons. The molecule has 1 heterocycles. The van der Waals surface area contributed by atoms with Crippen LogP contribution in [0.3, 0.4) is 0 Å².